The number of hydrogen-bond acceptors (Lipinski definition) is 5. The topological polar surface area (TPSA) is 64.6 Å². The molecule has 0 saturated heterocycles. The van der Waals surface area contributed by atoms with Gasteiger partial charge in [-0.25, -0.2) is 4.79 Å². The van der Waals surface area contributed by atoms with Gasteiger partial charge in [-0.3, -0.25) is 4.79 Å². The Kier molecular flexibility index (Phi) is 6.77. The highest BCUT2D eigenvalue weighted by Gasteiger charge is 2.41. The van der Waals surface area contributed by atoms with Gasteiger partial charge in [-0.05, 0) is 49.8 Å². The fourth-order valence-electron chi connectivity index (χ4n) is 3.71. The Hall–Kier alpha value is -2.86. The van der Waals surface area contributed by atoms with Crippen LogP contribution in [-0.4, -0.2) is 26.2 Å². The van der Waals surface area contributed by atoms with Gasteiger partial charge in [0.1, 0.15) is 0 Å². The van der Waals surface area contributed by atoms with Crippen molar-refractivity contribution in [3.05, 3.63) is 87.0 Å². The van der Waals surface area contributed by atoms with E-state index in [-0.39, 0.29) is 0 Å². The van der Waals surface area contributed by atoms with E-state index < -0.39 is 23.8 Å². The van der Waals surface area contributed by atoms with Crippen LogP contribution in [0, 0.1) is 12.8 Å². The van der Waals surface area contributed by atoms with Gasteiger partial charge in [-0.2, -0.15) is 0 Å². The van der Waals surface area contributed by atoms with Crippen molar-refractivity contribution < 1.29 is 19.1 Å². The Labute approximate surface area is 184 Å². The van der Waals surface area contributed by atoms with Gasteiger partial charge in [0.2, 0.25) is 0 Å². The van der Waals surface area contributed by atoms with E-state index in [1.807, 2.05) is 68.5 Å². The highest BCUT2D eigenvalue weighted by Crippen LogP contribution is 2.43. The quantitative estimate of drug-likeness (QED) is 0.614. The van der Waals surface area contributed by atoms with E-state index in [1.165, 1.54) is 14.2 Å². The maximum atomic E-state index is 12.9. The second kappa shape index (κ2) is 9.30. The number of nitrogens with one attached hydrogen (secondary N) is 1. The molecule has 0 aliphatic heterocycles. The summed E-state index contributed by atoms with van der Waals surface area (Å²) in [7, 11) is 2.70. The molecule has 156 valence electrons. The predicted molar refractivity (Wildman–Crippen MR) is 120 cm³/mol. The second-order valence-corrected chi connectivity index (χ2v) is 8.14. The third-order valence-electron chi connectivity index (χ3n) is 5.22. The van der Waals surface area contributed by atoms with E-state index in [9.17, 15) is 9.59 Å². The average molecular weight is 470 g/mol. The minimum absolute atomic E-state index is 0.390. The predicted octanol–water partition coefficient (Wildman–Crippen LogP) is 5.13. The molecule has 2 unspecified atom stereocenters. The highest BCUT2D eigenvalue weighted by atomic mass is 79.9. The lowest BCUT2D eigenvalue weighted by atomic mass is 9.73. The van der Waals surface area contributed by atoms with Crippen LogP contribution in [0.15, 0.2) is 75.9 Å². The summed E-state index contributed by atoms with van der Waals surface area (Å²) in [5.41, 5.74) is 4.60. The lowest BCUT2D eigenvalue weighted by molar-refractivity contribution is -0.144. The number of ether oxygens (including phenoxy) is 2. The molecule has 0 heterocycles. The van der Waals surface area contributed by atoms with Crippen LogP contribution in [0.4, 0.5) is 5.69 Å². The van der Waals surface area contributed by atoms with E-state index in [2.05, 4.69) is 21.2 Å². The van der Waals surface area contributed by atoms with Crippen molar-refractivity contribution in [2.24, 2.45) is 5.92 Å². The third-order valence-corrected chi connectivity index (χ3v) is 5.75. The normalized spacial score (nSPS) is 18.5. The highest BCUT2D eigenvalue weighted by molar-refractivity contribution is 9.10. The molecule has 0 aromatic heterocycles. The van der Waals surface area contributed by atoms with Crippen LogP contribution in [-0.2, 0) is 19.1 Å². The molecule has 30 heavy (non-hydrogen) atoms. The van der Waals surface area contributed by atoms with Crippen LogP contribution in [0.3, 0.4) is 0 Å². The van der Waals surface area contributed by atoms with Crippen molar-refractivity contribution in [1.82, 2.24) is 0 Å². The van der Waals surface area contributed by atoms with E-state index in [0.29, 0.717) is 11.3 Å². The van der Waals surface area contributed by atoms with Gasteiger partial charge < -0.3 is 14.8 Å². The summed E-state index contributed by atoms with van der Waals surface area (Å²) < 4.78 is 11.1. The molecule has 0 amide bonds. The van der Waals surface area contributed by atoms with Crippen molar-refractivity contribution in [3.63, 3.8) is 0 Å². The van der Waals surface area contributed by atoms with Crippen LogP contribution in [0.1, 0.15) is 24.0 Å². The van der Waals surface area contributed by atoms with Crippen molar-refractivity contribution in [2.75, 3.05) is 19.5 Å². The van der Waals surface area contributed by atoms with Crippen LogP contribution in [0.25, 0.3) is 0 Å². The van der Waals surface area contributed by atoms with Gasteiger partial charge in [-0.1, -0.05) is 51.3 Å². The Balaban J connectivity index is 2.19. The molecule has 2 aromatic rings. The van der Waals surface area contributed by atoms with E-state index >= 15 is 0 Å². The molecule has 1 aliphatic rings. The maximum absolute atomic E-state index is 12.9. The molecule has 2 aromatic carbocycles. The van der Waals surface area contributed by atoms with Gasteiger partial charge >= 0.3 is 11.9 Å². The summed E-state index contributed by atoms with van der Waals surface area (Å²) >= 11 is 3.44. The van der Waals surface area contributed by atoms with Gasteiger partial charge in [0.05, 0.1) is 25.7 Å². The third kappa shape index (κ3) is 4.49. The lowest BCUT2D eigenvalue weighted by Crippen LogP contribution is -2.33. The number of benzene rings is 2. The standard InChI is InChI=1S/C24H24BrNO4/c1-14-5-11-18(12-6-14)26-19-13-15(2)20(23(27)29-3)21(22(19)24(28)30-4)16-7-9-17(25)10-8-16/h5-13,20-21,26H,1-4H3. The largest absolute Gasteiger partial charge is 0.469 e. The minimum Gasteiger partial charge on any atom is -0.469 e. The fourth-order valence-corrected chi connectivity index (χ4v) is 3.98. The fraction of sp³-hybridized carbons (Fsp3) is 0.250. The first-order valence-electron chi connectivity index (χ1n) is 9.53. The van der Waals surface area contributed by atoms with Crippen molar-refractivity contribution in [2.45, 2.75) is 19.8 Å². The summed E-state index contributed by atoms with van der Waals surface area (Å²) in [4.78, 5) is 25.6. The molecule has 1 aliphatic carbocycles. The number of hydrogen-bond donors (Lipinski definition) is 1. The number of aryl methyl sites for hydroxylation is 1. The molecule has 0 spiro atoms. The number of carbonyl (C=O) groups excluding carboxylic acids is 2. The van der Waals surface area contributed by atoms with Gasteiger partial charge in [0, 0.05) is 21.8 Å². The van der Waals surface area contributed by atoms with Gasteiger partial charge in [-0.15, -0.1) is 0 Å². The minimum atomic E-state index is -0.631. The molecule has 0 radical (unpaired) electrons. The molecule has 6 heteroatoms. The van der Waals surface area contributed by atoms with Crippen molar-refractivity contribution >= 4 is 33.6 Å². The van der Waals surface area contributed by atoms with Crippen LogP contribution >= 0.6 is 15.9 Å². The first-order chi connectivity index (χ1) is 14.3. The molecule has 5 nitrogen and oxygen atoms in total. The number of anilines is 1. The molecule has 0 saturated carbocycles. The molecule has 0 fully saturated rings. The zero-order chi connectivity index (χ0) is 21.8. The maximum Gasteiger partial charge on any atom is 0.336 e. The SMILES string of the molecule is COC(=O)C1=C(Nc2ccc(C)cc2)C=C(C)C(C(=O)OC)C1c1ccc(Br)cc1. The van der Waals surface area contributed by atoms with Crippen molar-refractivity contribution in [3.8, 4) is 0 Å². The Bertz CT molecular complexity index is 1010. The summed E-state index contributed by atoms with van der Waals surface area (Å²) in [5, 5.41) is 3.33. The van der Waals surface area contributed by atoms with E-state index in [1.54, 1.807) is 0 Å². The number of halogens is 1. The first kappa shape index (κ1) is 21.8. The Morgan fingerprint density at radius 2 is 1.57 bits per heavy atom. The summed E-state index contributed by atoms with van der Waals surface area (Å²) in [6, 6.07) is 15.4. The van der Waals surface area contributed by atoms with Crippen LogP contribution in [0.2, 0.25) is 0 Å². The molecule has 3 rings (SSSR count). The molecular weight excluding hydrogens is 446 g/mol. The average Bonchev–Trinajstić information content (AvgIpc) is 2.74. The van der Waals surface area contributed by atoms with Crippen LogP contribution in [0.5, 0.6) is 0 Å². The first-order valence-corrected chi connectivity index (χ1v) is 10.3. The van der Waals surface area contributed by atoms with Crippen molar-refractivity contribution in [1.29, 1.82) is 0 Å². The summed E-state index contributed by atoms with van der Waals surface area (Å²) in [5.74, 6) is -2.06. The van der Waals surface area contributed by atoms with E-state index in [0.717, 1.165) is 26.9 Å². The zero-order valence-electron chi connectivity index (χ0n) is 17.4. The second-order valence-electron chi connectivity index (χ2n) is 7.23. The smallest absolute Gasteiger partial charge is 0.336 e. The molecule has 0 bridgehead atoms. The number of rotatable bonds is 5. The monoisotopic (exact) mass is 469 g/mol. The Morgan fingerprint density at radius 3 is 2.13 bits per heavy atom. The summed E-state index contributed by atoms with van der Waals surface area (Å²) in [6.07, 6.45) is 1.82. The zero-order valence-corrected chi connectivity index (χ0v) is 18.9. The number of carbonyl (C=O) groups is 2. The van der Waals surface area contributed by atoms with Gasteiger partial charge in [0.25, 0.3) is 0 Å². The molecular formula is C24H24BrNO4. The molecule has 2 atom stereocenters. The number of esters is 2. The van der Waals surface area contributed by atoms with Crippen LogP contribution < -0.4 is 5.32 Å². The molecule has 1 N–H and O–H groups in total. The Morgan fingerprint density at radius 1 is 0.933 bits per heavy atom. The summed E-state index contributed by atoms with van der Waals surface area (Å²) in [6.45, 7) is 3.89. The number of methoxy groups -OCH3 is 2. The number of allylic oxidation sites excluding steroid dienone is 1. The van der Waals surface area contributed by atoms with E-state index in [4.69, 9.17) is 9.47 Å². The lowest BCUT2D eigenvalue weighted by Gasteiger charge is -2.33. The van der Waals surface area contributed by atoms with Gasteiger partial charge in [0.15, 0.2) is 0 Å².